The van der Waals surface area contributed by atoms with E-state index in [1.54, 1.807) is 7.11 Å². The minimum atomic E-state index is 0.297. The zero-order chi connectivity index (χ0) is 15.7. The maximum atomic E-state index is 6.22. The predicted octanol–water partition coefficient (Wildman–Crippen LogP) is 4.67. The molecule has 0 saturated carbocycles. The highest BCUT2D eigenvalue weighted by atomic mass is 35.5. The summed E-state index contributed by atoms with van der Waals surface area (Å²) in [6.45, 7) is 0. The molecular weight excluding hydrogens is 317 g/mol. The summed E-state index contributed by atoms with van der Waals surface area (Å²) < 4.78 is 5.40. The Morgan fingerprint density at radius 1 is 1.09 bits per heavy atom. The molecule has 1 aliphatic carbocycles. The third-order valence-corrected chi connectivity index (χ3v) is 5.21. The summed E-state index contributed by atoms with van der Waals surface area (Å²) in [4.78, 5) is 0. The lowest BCUT2D eigenvalue weighted by Gasteiger charge is -2.32. The molecule has 4 heteroatoms. The first-order valence-electron chi connectivity index (χ1n) is 7.41. The van der Waals surface area contributed by atoms with Gasteiger partial charge in [0.2, 0.25) is 0 Å². The zero-order valence-electron chi connectivity index (χ0n) is 12.7. The molecule has 2 atom stereocenters. The fourth-order valence-corrected chi connectivity index (χ4v) is 3.54. The molecular formula is C18H19Cl2NO. The second-order valence-corrected chi connectivity index (χ2v) is 6.53. The van der Waals surface area contributed by atoms with Gasteiger partial charge in [0.05, 0.1) is 17.2 Å². The molecule has 22 heavy (non-hydrogen) atoms. The zero-order valence-corrected chi connectivity index (χ0v) is 14.2. The molecule has 3 rings (SSSR count). The lowest BCUT2D eigenvalue weighted by atomic mass is 9.76. The van der Waals surface area contributed by atoms with E-state index in [0.29, 0.717) is 22.0 Å². The van der Waals surface area contributed by atoms with Crippen molar-refractivity contribution >= 4 is 23.2 Å². The van der Waals surface area contributed by atoms with Crippen molar-refractivity contribution in [2.24, 2.45) is 0 Å². The van der Waals surface area contributed by atoms with E-state index in [0.717, 1.165) is 18.6 Å². The fourth-order valence-electron chi connectivity index (χ4n) is 3.24. The van der Waals surface area contributed by atoms with Gasteiger partial charge < -0.3 is 10.1 Å². The summed E-state index contributed by atoms with van der Waals surface area (Å²) in [5.74, 6) is 1.19. The molecule has 1 N–H and O–H groups in total. The molecule has 0 heterocycles. The van der Waals surface area contributed by atoms with E-state index < -0.39 is 0 Å². The highest BCUT2D eigenvalue weighted by molar-refractivity contribution is 6.42. The number of rotatable bonds is 3. The van der Waals surface area contributed by atoms with E-state index >= 15 is 0 Å². The van der Waals surface area contributed by atoms with Gasteiger partial charge in [-0.2, -0.15) is 0 Å². The number of hydrogen-bond donors (Lipinski definition) is 1. The first-order valence-corrected chi connectivity index (χ1v) is 8.17. The Bertz CT molecular complexity index is 687. The van der Waals surface area contributed by atoms with E-state index in [4.69, 9.17) is 27.9 Å². The number of likely N-dealkylation sites (N-methyl/N-ethyl adjacent to an activating group) is 1. The van der Waals surface area contributed by atoms with Crippen molar-refractivity contribution in [3.63, 3.8) is 0 Å². The quantitative estimate of drug-likeness (QED) is 0.880. The average molecular weight is 336 g/mol. The summed E-state index contributed by atoms with van der Waals surface area (Å²) in [6, 6.07) is 12.7. The van der Waals surface area contributed by atoms with Crippen molar-refractivity contribution in [1.82, 2.24) is 5.32 Å². The third-order valence-electron chi connectivity index (χ3n) is 4.47. The number of halogens is 2. The van der Waals surface area contributed by atoms with Crippen LogP contribution in [0.25, 0.3) is 0 Å². The Balaban J connectivity index is 2.07. The molecule has 116 valence electrons. The largest absolute Gasteiger partial charge is 0.497 e. The molecule has 0 saturated heterocycles. The van der Waals surface area contributed by atoms with Crippen LogP contribution in [0.2, 0.25) is 10.0 Å². The molecule has 2 aromatic carbocycles. The number of fused-ring (bicyclic) bond motifs is 1. The summed E-state index contributed by atoms with van der Waals surface area (Å²) in [6.07, 6.45) is 2.07. The van der Waals surface area contributed by atoms with Crippen molar-refractivity contribution in [3.05, 3.63) is 63.1 Å². The van der Waals surface area contributed by atoms with Crippen LogP contribution in [0.1, 0.15) is 29.0 Å². The van der Waals surface area contributed by atoms with E-state index in [1.807, 2.05) is 25.2 Å². The maximum Gasteiger partial charge on any atom is 0.119 e. The van der Waals surface area contributed by atoms with Gasteiger partial charge in [0, 0.05) is 12.0 Å². The van der Waals surface area contributed by atoms with Gasteiger partial charge in [-0.3, -0.25) is 0 Å². The van der Waals surface area contributed by atoms with Crippen molar-refractivity contribution in [3.8, 4) is 5.75 Å². The molecule has 1 aliphatic rings. The molecule has 0 aliphatic heterocycles. The number of benzene rings is 2. The molecule has 0 spiro atoms. The van der Waals surface area contributed by atoms with Crippen molar-refractivity contribution in [1.29, 1.82) is 0 Å². The molecule has 0 bridgehead atoms. The van der Waals surface area contributed by atoms with Crippen molar-refractivity contribution in [2.45, 2.75) is 24.8 Å². The van der Waals surface area contributed by atoms with Gasteiger partial charge in [0.15, 0.2) is 0 Å². The third kappa shape index (κ3) is 2.96. The maximum absolute atomic E-state index is 6.22. The van der Waals surface area contributed by atoms with Gasteiger partial charge in [0.1, 0.15) is 5.75 Å². The lowest BCUT2D eigenvalue weighted by Crippen LogP contribution is -2.33. The van der Waals surface area contributed by atoms with Gasteiger partial charge in [-0.25, -0.2) is 0 Å². The highest BCUT2D eigenvalue weighted by Gasteiger charge is 2.28. The smallest absolute Gasteiger partial charge is 0.119 e. The Morgan fingerprint density at radius 3 is 2.59 bits per heavy atom. The van der Waals surface area contributed by atoms with E-state index in [1.165, 1.54) is 16.7 Å². The van der Waals surface area contributed by atoms with Crippen LogP contribution in [0.4, 0.5) is 0 Å². The number of hydrogen-bond acceptors (Lipinski definition) is 2. The summed E-state index contributed by atoms with van der Waals surface area (Å²) in [5.41, 5.74) is 3.88. The van der Waals surface area contributed by atoms with Gasteiger partial charge in [-0.1, -0.05) is 35.3 Å². The Hall–Kier alpha value is -1.22. The summed E-state index contributed by atoms with van der Waals surface area (Å²) in [7, 11) is 3.72. The van der Waals surface area contributed by atoms with Gasteiger partial charge >= 0.3 is 0 Å². The Kier molecular flexibility index (Phi) is 4.62. The number of ether oxygens (including phenoxy) is 1. The van der Waals surface area contributed by atoms with E-state index in [-0.39, 0.29) is 0 Å². The minimum absolute atomic E-state index is 0.297. The van der Waals surface area contributed by atoms with Crippen LogP contribution in [0.5, 0.6) is 5.75 Å². The summed E-state index contributed by atoms with van der Waals surface area (Å²) in [5, 5.41) is 4.61. The first-order chi connectivity index (χ1) is 10.6. The molecule has 2 nitrogen and oxygen atoms in total. The van der Waals surface area contributed by atoms with Crippen LogP contribution in [-0.2, 0) is 6.42 Å². The van der Waals surface area contributed by atoms with Crippen LogP contribution in [0.15, 0.2) is 36.4 Å². The van der Waals surface area contributed by atoms with Crippen LogP contribution >= 0.6 is 23.2 Å². The normalized spacial score (nSPS) is 20.5. The molecule has 0 radical (unpaired) electrons. The topological polar surface area (TPSA) is 21.3 Å². The number of nitrogens with one attached hydrogen (secondary N) is 1. The molecule has 0 amide bonds. The lowest BCUT2D eigenvalue weighted by molar-refractivity contribution is 0.410. The molecule has 0 fully saturated rings. The van der Waals surface area contributed by atoms with Crippen molar-refractivity contribution < 1.29 is 4.74 Å². The Morgan fingerprint density at radius 2 is 1.91 bits per heavy atom. The minimum Gasteiger partial charge on any atom is -0.497 e. The monoisotopic (exact) mass is 335 g/mol. The average Bonchev–Trinajstić information content (AvgIpc) is 2.55. The van der Waals surface area contributed by atoms with Crippen LogP contribution in [0, 0.1) is 0 Å². The van der Waals surface area contributed by atoms with Crippen LogP contribution in [-0.4, -0.2) is 20.2 Å². The van der Waals surface area contributed by atoms with E-state index in [9.17, 15) is 0 Å². The predicted molar refractivity (Wildman–Crippen MR) is 92.5 cm³/mol. The molecule has 0 unspecified atom stereocenters. The van der Waals surface area contributed by atoms with Crippen molar-refractivity contribution in [2.75, 3.05) is 14.2 Å². The Labute approximate surface area is 141 Å². The number of methoxy groups -OCH3 is 1. The van der Waals surface area contributed by atoms with E-state index in [2.05, 4.69) is 23.5 Å². The molecule has 2 aromatic rings. The highest BCUT2D eigenvalue weighted by Crippen LogP contribution is 2.40. The second kappa shape index (κ2) is 6.49. The van der Waals surface area contributed by atoms with Gasteiger partial charge in [-0.05, 0) is 60.8 Å². The molecule has 0 aromatic heterocycles. The second-order valence-electron chi connectivity index (χ2n) is 5.72. The summed E-state index contributed by atoms with van der Waals surface area (Å²) >= 11 is 12.3. The standard InChI is InChI=1S/C18H19Cl2NO/c1-21-13-7-11-3-5-14(22-2)10-16(11)15(9-13)12-4-6-17(19)18(20)8-12/h3-6,8,10,13,15,21H,7,9H2,1-2H3/t13-,15+/m1/s1. The van der Waals surface area contributed by atoms with Gasteiger partial charge in [-0.15, -0.1) is 0 Å². The fraction of sp³-hybridized carbons (Fsp3) is 0.333. The first kappa shape index (κ1) is 15.7. The van der Waals surface area contributed by atoms with Crippen LogP contribution < -0.4 is 10.1 Å². The van der Waals surface area contributed by atoms with Gasteiger partial charge in [0.25, 0.3) is 0 Å². The van der Waals surface area contributed by atoms with Crippen LogP contribution in [0.3, 0.4) is 0 Å². The SMILES string of the molecule is CN[C@@H]1Cc2ccc(OC)cc2[C@H](c2ccc(Cl)c(Cl)c2)C1.